The second-order valence-corrected chi connectivity index (χ2v) is 5.92. The van der Waals surface area contributed by atoms with E-state index in [9.17, 15) is 14.7 Å². The van der Waals surface area contributed by atoms with E-state index in [2.05, 4.69) is 10.3 Å². The highest BCUT2D eigenvalue weighted by Gasteiger charge is 2.16. The summed E-state index contributed by atoms with van der Waals surface area (Å²) in [5, 5.41) is 12.8. The van der Waals surface area contributed by atoms with Crippen LogP contribution in [-0.2, 0) is 9.53 Å². The van der Waals surface area contributed by atoms with Gasteiger partial charge in [-0.1, -0.05) is 34.8 Å². The molecule has 2 N–H and O–H groups in total. The second kappa shape index (κ2) is 7.70. The lowest BCUT2D eigenvalue weighted by Crippen LogP contribution is -2.21. The zero-order valence-electron chi connectivity index (χ0n) is 12.3. The highest BCUT2D eigenvalue weighted by Crippen LogP contribution is 2.25. The van der Waals surface area contributed by atoms with E-state index in [1.165, 1.54) is 24.3 Å². The van der Waals surface area contributed by atoms with E-state index in [1.807, 2.05) is 0 Å². The highest BCUT2D eigenvalue weighted by molar-refractivity contribution is 6.36. The summed E-state index contributed by atoms with van der Waals surface area (Å²) in [4.78, 5) is 27.7. The molecule has 1 heterocycles. The van der Waals surface area contributed by atoms with Gasteiger partial charge in [0.25, 0.3) is 5.91 Å². The molecule has 2 aromatic rings. The maximum Gasteiger partial charge on any atom is 0.342 e. The van der Waals surface area contributed by atoms with Gasteiger partial charge < -0.3 is 15.2 Å². The minimum Gasteiger partial charge on any atom is -0.507 e. The number of hydrogen-bond acceptors (Lipinski definition) is 5. The normalized spacial score (nSPS) is 10.3. The van der Waals surface area contributed by atoms with E-state index >= 15 is 0 Å². The number of phenols is 1. The third kappa shape index (κ3) is 4.50. The van der Waals surface area contributed by atoms with Crippen molar-refractivity contribution in [2.45, 2.75) is 6.92 Å². The van der Waals surface area contributed by atoms with Gasteiger partial charge in [-0.3, -0.25) is 4.79 Å². The fourth-order valence-electron chi connectivity index (χ4n) is 1.70. The molecule has 1 amide bonds. The molecular formula is C15H11Cl3N2O4. The molecule has 0 atom stereocenters. The van der Waals surface area contributed by atoms with Gasteiger partial charge in [0.15, 0.2) is 12.4 Å². The summed E-state index contributed by atoms with van der Waals surface area (Å²) in [5.74, 6) is -1.75. The minimum atomic E-state index is -0.870. The number of aromatic nitrogens is 1. The Morgan fingerprint density at radius 1 is 1.21 bits per heavy atom. The lowest BCUT2D eigenvalue weighted by atomic mass is 10.2. The Hall–Kier alpha value is -2.02. The molecule has 24 heavy (non-hydrogen) atoms. The number of phenolic OH excluding ortho intramolecular Hbond substituents is 1. The molecule has 2 rings (SSSR count). The quantitative estimate of drug-likeness (QED) is 0.775. The fraction of sp³-hybridized carbons (Fsp3) is 0.133. The highest BCUT2D eigenvalue weighted by atomic mass is 35.5. The molecule has 0 saturated heterocycles. The van der Waals surface area contributed by atoms with Gasteiger partial charge in [-0.25, -0.2) is 9.78 Å². The van der Waals surface area contributed by atoms with Crippen molar-refractivity contribution in [3.8, 4) is 5.75 Å². The first-order valence-electron chi connectivity index (χ1n) is 6.56. The van der Waals surface area contributed by atoms with Gasteiger partial charge in [-0.15, -0.1) is 0 Å². The van der Waals surface area contributed by atoms with Gasteiger partial charge in [-0.2, -0.15) is 0 Å². The number of pyridine rings is 1. The Morgan fingerprint density at radius 2 is 1.92 bits per heavy atom. The van der Waals surface area contributed by atoms with Crippen molar-refractivity contribution in [3.05, 3.63) is 50.6 Å². The van der Waals surface area contributed by atoms with Crippen LogP contribution in [0.2, 0.25) is 15.1 Å². The van der Waals surface area contributed by atoms with E-state index in [1.54, 1.807) is 6.92 Å². The molecule has 0 bridgehead atoms. The number of nitrogens with one attached hydrogen (secondary N) is 1. The molecule has 0 fully saturated rings. The van der Waals surface area contributed by atoms with Crippen LogP contribution in [-0.4, -0.2) is 28.6 Å². The molecule has 0 aliphatic heterocycles. The van der Waals surface area contributed by atoms with Crippen LogP contribution in [0.25, 0.3) is 0 Å². The van der Waals surface area contributed by atoms with Crippen LogP contribution < -0.4 is 5.32 Å². The topological polar surface area (TPSA) is 88.5 Å². The Balaban J connectivity index is 1.98. The number of benzene rings is 1. The molecule has 0 spiro atoms. The number of aryl methyl sites for hydroxylation is 1. The molecule has 0 radical (unpaired) electrons. The number of nitrogens with zero attached hydrogens (tertiary/aromatic N) is 1. The van der Waals surface area contributed by atoms with Crippen molar-refractivity contribution in [1.29, 1.82) is 0 Å². The molecule has 1 aromatic heterocycles. The summed E-state index contributed by atoms with van der Waals surface area (Å²) in [6, 6.07) is 5.34. The summed E-state index contributed by atoms with van der Waals surface area (Å²) in [5.41, 5.74) is 0.380. The summed E-state index contributed by atoms with van der Waals surface area (Å²) >= 11 is 17.5. The standard InChI is InChI=1S/C15H11Cl3N2O4/c1-7-10(17)5-11(18)14(19-7)20-13(22)6-24-15(23)9-3-2-8(16)4-12(9)21/h2-5,21H,6H2,1H3,(H,19,20,22). The first-order valence-corrected chi connectivity index (χ1v) is 7.69. The largest absolute Gasteiger partial charge is 0.507 e. The predicted molar refractivity (Wildman–Crippen MR) is 91.0 cm³/mol. The lowest BCUT2D eigenvalue weighted by molar-refractivity contribution is -0.119. The average Bonchev–Trinajstić information content (AvgIpc) is 2.50. The number of ether oxygens (including phenoxy) is 1. The van der Waals surface area contributed by atoms with Gasteiger partial charge in [0.2, 0.25) is 0 Å². The van der Waals surface area contributed by atoms with Crippen LogP contribution >= 0.6 is 34.8 Å². The number of anilines is 1. The van der Waals surface area contributed by atoms with Crippen molar-refractivity contribution in [2.75, 3.05) is 11.9 Å². The second-order valence-electron chi connectivity index (χ2n) is 4.67. The first kappa shape index (κ1) is 18.3. The van der Waals surface area contributed by atoms with Crippen LogP contribution in [0.5, 0.6) is 5.75 Å². The number of carbonyl (C=O) groups excluding carboxylic acids is 2. The Bertz CT molecular complexity index is 812. The van der Waals surface area contributed by atoms with Crippen LogP contribution in [0.4, 0.5) is 5.82 Å². The predicted octanol–water partition coefficient (Wildman–Crippen LogP) is 3.85. The molecule has 9 heteroatoms. The zero-order valence-corrected chi connectivity index (χ0v) is 14.5. The first-order chi connectivity index (χ1) is 11.3. The summed E-state index contributed by atoms with van der Waals surface area (Å²) in [6.45, 7) is 1.07. The summed E-state index contributed by atoms with van der Waals surface area (Å²) < 4.78 is 4.83. The van der Waals surface area contributed by atoms with Gasteiger partial charge in [0.1, 0.15) is 11.3 Å². The van der Waals surface area contributed by atoms with E-state index < -0.39 is 18.5 Å². The lowest BCUT2D eigenvalue weighted by Gasteiger charge is -2.09. The van der Waals surface area contributed by atoms with Crippen molar-refractivity contribution < 1.29 is 19.4 Å². The van der Waals surface area contributed by atoms with E-state index in [0.717, 1.165) is 0 Å². The molecule has 1 aromatic carbocycles. The van der Waals surface area contributed by atoms with E-state index in [-0.39, 0.29) is 27.2 Å². The molecule has 126 valence electrons. The van der Waals surface area contributed by atoms with Gasteiger partial charge in [0.05, 0.1) is 15.7 Å². The number of rotatable bonds is 4. The summed E-state index contributed by atoms with van der Waals surface area (Å²) in [6.07, 6.45) is 0. The smallest absolute Gasteiger partial charge is 0.342 e. The molecule has 0 saturated carbocycles. The summed E-state index contributed by atoms with van der Waals surface area (Å²) in [7, 11) is 0. The monoisotopic (exact) mass is 388 g/mol. The average molecular weight is 390 g/mol. The molecule has 0 aliphatic carbocycles. The van der Waals surface area contributed by atoms with Crippen molar-refractivity contribution in [3.63, 3.8) is 0 Å². The van der Waals surface area contributed by atoms with Crippen LogP contribution in [0, 0.1) is 6.92 Å². The van der Waals surface area contributed by atoms with E-state index in [4.69, 9.17) is 39.5 Å². The Kier molecular flexibility index (Phi) is 5.88. The maximum absolute atomic E-state index is 11.8. The number of carbonyl (C=O) groups is 2. The zero-order chi connectivity index (χ0) is 17.9. The van der Waals surface area contributed by atoms with Crippen molar-refractivity contribution in [2.24, 2.45) is 0 Å². The van der Waals surface area contributed by atoms with Gasteiger partial charge >= 0.3 is 5.97 Å². The third-order valence-corrected chi connectivity index (χ3v) is 3.78. The number of hydrogen-bond donors (Lipinski definition) is 2. The molecular weight excluding hydrogens is 379 g/mol. The van der Waals surface area contributed by atoms with Crippen molar-refractivity contribution in [1.82, 2.24) is 4.98 Å². The Morgan fingerprint density at radius 3 is 2.58 bits per heavy atom. The third-order valence-electron chi connectivity index (χ3n) is 2.88. The van der Waals surface area contributed by atoms with E-state index in [0.29, 0.717) is 10.7 Å². The van der Waals surface area contributed by atoms with Crippen LogP contribution in [0.1, 0.15) is 16.1 Å². The number of amides is 1. The van der Waals surface area contributed by atoms with Crippen LogP contribution in [0.3, 0.4) is 0 Å². The van der Waals surface area contributed by atoms with Gasteiger partial charge in [-0.05, 0) is 31.2 Å². The van der Waals surface area contributed by atoms with Crippen LogP contribution in [0.15, 0.2) is 24.3 Å². The molecule has 0 aliphatic rings. The molecule has 0 unspecified atom stereocenters. The Labute approximate surface area is 152 Å². The fourth-order valence-corrected chi connectivity index (χ4v) is 2.27. The number of esters is 1. The molecule has 6 nitrogen and oxygen atoms in total. The SMILES string of the molecule is Cc1nc(NC(=O)COC(=O)c2ccc(Cl)cc2O)c(Cl)cc1Cl. The van der Waals surface area contributed by atoms with Crippen molar-refractivity contribution >= 4 is 52.5 Å². The van der Waals surface area contributed by atoms with Gasteiger partial charge in [0, 0.05) is 5.02 Å². The number of halogens is 3. The number of aromatic hydroxyl groups is 1. The maximum atomic E-state index is 11.8. The minimum absolute atomic E-state index is 0.106.